The molecule has 11 heteroatoms. The standard InChI is InChI=1S/C31H33Cl2N5O3S/c1-41-27-12-10-25(11-13-27)38-30(40)28(21-29(39)34-24-8-6-22(32)7-9-24)37(31(38)42)15-3-14-35-16-18-36(19-17-35)26-5-2-4-23(33)20-26/h2,4-13,20,28H,3,14-19,21H2,1H3,(H,34,39)/t28-/m1/s1. The molecule has 2 fully saturated rings. The Kier molecular flexibility index (Phi) is 9.84. The molecule has 1 atom stereocenters. The summed E-state index contributed by atoms with van der Waals surface area (Å²) in [5.41, 5.74) is 2.41. The van der Waals surface area contributed by atoms with Crippen LogP contribution in [0.1, 0.15) is 12.8 Å². The lowest BCUT2D eigenvalue weighted by Crippen LogP contribution is -2.47. The molecule has 8 nitrogen and oxygen atoms in total. The van der Waals surface area contributed by atoms with Gasteiger partial charge in [-0.3, -0.25) is 19.4 Å². The van der Waals surface area contributed by atoms with Gasteiger partial charge in [-0.25, -0.2) is 0 Å². The normalized spacial score (nSPS) is 17.6. The van der Waals surface area contributed by atoms with E-state index in [4.69, 9.17) is 40.2 Å². The SMILES string of the molecule is COc1ccc(N2C(=O)[C@@H](CC(=O)Nc3ccc(Cl)cc3)N(CCCN3CCN(c4cccc(Cl)c4)CC3)C2=S)cc1. The van der Waals surface area contributed by atoms with Crippen molar-refractivity contribution in [3.8, 4) is 5.75 Å². The summed E-state index contributed by atoms with van der Waals surface area (Å²) in [7, 11) is 1.59. The number of anilines is 3. The van der Waals surface area contributed by atoms with Crippen LogP contribution >= 0.6 is 35.4 Å². The Morgan fingerprint density at radius 3 is 2.31 bits per heavy atom. The summed E-state index contributed by atoms with van der Waals surface area (Å²) >= 11 is 18.0. The van der Waals surface area contributed by atoms with Crippen molar-refractivity contribution < 1.29 is 14.3 Å². The number of rotatable bonds is 10. The number of hydrogen-bond donors (Lipinski definition) is 1. The van der Waals surface area contributed by atoms with Gasteiger partial charge in [0.2, 0.25) is 5.91 Å². The number of hydrogen-bond acceptors (Lipinski definition) is 6. The molecule has 42 heavy (non-hydrogen) atoms. The van der Waals surface area contributed by atoms with Crippen LogP contribution in [0.2, 0.25) is 10.0 Å². The molecular weight excluding hydrogens is 593 g/mol. The average Bonchev–Trinajstić information content (AvgIpc) is 3.22. The minimum absolute atomic E-state index is 0.0213. The second-order valence-electron chi connectivity index (χ2n) is 10.3. The van der Waals surface area contributed by atoms with E-state index in [1.165, 1.54) is 4.90 Å². The highest BCUT2D eigenvalue weighted by Gasteiger charge is 2.44. The first-order chi connectivity index (χ1) is 20.3. The van der Waals surface area contributed by atoms with Crippen molar-refractivity contribution in [1.82, 2.24) is 9.80 Å². The van der Waals surface area contributed by atoms with E-state index in [1.807, 2.05) is 23.1 Å². The number of ether oxygens (including phenoxy) is 1. The highest BCUT2D eigenvalue weighted by Crippen LogP contribution is 2.29. The summed E-state index contributed by atoms with van der Waals surface area (Å²) in [5.74, 6) is 0.200. The van der Waals surface area contributed by atoms with Crippen molar-refractivity contribution in [2.24, 2.45) is 0 Å². The lowest BCUT2D eigenvalue weighted by Gasteiger charge is -2.36. The second-order valence-corrected chi connectivity index (χ2v) is 11.5. The quantitative estimate of drug-likeness (QED) is 0.297. The van der Waals surface area contributed by atoms with E-state index in [0.29, 0.717) is 33.8 Å². The molecule has 0 bridgehead atoms. The van der Waals surface area contributed by atoms with Crippen molar-refractivity contribution in [1.29, 1.82) is 0 Å². The Labute approximate surface area is 261 Å². The second kappa shape index (κ2) is 13.7. The van der Waals surface area contributed by atoms with Crippen LogP contribution in [0.4, 0.5) is 17.1 Å². The zero-order valence-corrected chi connectivity index (χ0v) is 25.7. The zero-order chi connectivity index (χ0) is 29.6. The molecule has 2 aliphatic rings. The fraction of sp³-hybridized carbons (Fsp3) is 0.323. The highest BCUT2D eigenvalue weighted by molar-refractivity contribution is 7.80. The van der Waals surface area contributed by atoms with Gasteiger partial charge in [0, 0.05) is 54.1 Å². The summed E-state index contributed by atoms with van der Waals surface area (Å²) in [6.45, 7) is 5.12. The Morgan fingerprint density at radius 2 is 1.64 bits per heavy atom. The molecule has 2 saturated heterocycles. The fourth-order valence-corrected chi connectivity index (χ4v) is 6.07. The largest absolute Gasteiger partial charge is 0.497 e. The van der Waals surface area contributed by atoms with Crippen molar-refractivity contribution in [3.63, 3.8) is 0 Å². The van der Waals surface area contributed by atoms with Crippen LogP contribution in [0, 0.1) is 0 Å². The third-order valence-electron chi connectivity index (χ3n) is 7.57. The van der Waals surface area contributed by atoms with Gasteiger partial charge in [0.15, 0.2) is 5.11 Å². The molecule has 2 aliphatic heterocycles. The van der Waals surface area contributed by atoms with Crippen LogP contribution in [0.3, 0.4) is 0 Å². The number of nitrogens with one attached hydrogen (secondary N) is 1. The van der Waals surface area contributed by atoms with Gasteiger partial charge in [0.05, 0.1) is 19.2 Å². The fourth-order valence-electron chi connectivity index (χ4n) is 5.34. The van der Waals surface area contributed by atoms with Crippen molar-refractivity contribution >= 4 is 69.4 Å². The van der Waals surface area contributed by atoms with E-state index in [-0.39, 0.29) is 18.2 Å². The third-order valence-corrected chi connectivity index (χ3v) is 8.48. The number of halogens is 2. The number of piperazine rings is 1. The smallest absolute Gasteiger partial charge is 0.256 e. The predicted octanol–water partition coefficient (Wildman–Crippen LogP) is 5.55. The van der Waals surface area contributed by atoms with Gasteiger partial charge in [0.1, 0.15) is 11.8 Å². The molecule has 0 aromatic heterocycles. The third kappa shape index (κ3) is 7.15. The summed E-state index contributed by atoms with van der Waals surface area (Å²) < 4.78 is 5.27. The molecule has 0 spiro atoms. The summed E-state index contributed by atoms with van der Waals surface area (Å²) in [6.07, 6.45) is 0.781. The monoisotopic (exact) mass is 625 g/mol. The Hall–Kier alpha value is -3.37. The van der Waals surface area contributed by atoms with Crippen molar-refractivity contribution in [2.45, 2.75) is 18.9 Å². The van der Waals surface area contributed by atoms with Gasteiger partial charge in [0.25, 0.3) is 5.91 Å². The van der Waals surface area contributed by atoms with E-state index < -0.39 is 6.04 Å². The molecule has 0 aliphatic carbocycles. The van der Waals surface area contributed by atoms with Crippen molar-refractivity contribution in [3.05, 3.63) is 82.8 Å². The Balaban J connectivity index is 1.23. The molecular formula is C31H33Cl2N5O3S. The van der Waals surface area contributed by atoms with Gasteiger partial charge in [-0.2, -0.15) is 0 Å². The number of nitrogens with zero attached hydrogens (tertiary/aromatic N) is 4. The first kappa shape index (κ1) is 30.1. The minimum atomic E-state index is -0.702. The molecule has 2 amide bonds. The molecule has 0 unspecified atom stereocenters. The van der Waals surface area contributed by atoms with Crippen LogP contribution in [0.5, 0.6) is 5.75 Å². The van der Waals surface area contributed by atoms with Gasteiger partial charge in [-0.1, -0.05) is 29.3 Å². The van der Waals surface area contributed by atoms with Crippen molar-refractivity contribution in [2.75, 3.05) is 61.5 Å². The number of amides is 2. The zero-order valence-electron chi connectivity index (χ0n) is 23.3. The Bertz CT molecular complexity index is 1410. The lowest BCUT2D eigenvalue weighted by molar-refractivity contribution is -0.124. The summed E-state index contributed by atoms with van der Waals surface area (Å²) in [4.78, 5) is 35.0. The molecule has 5 rings (SSSR count). The molecule has 1 N–H and O–H groups in total. The molecule has 0 saturated carbocycles. The maximum atomic E-state index is 13.7. The number of methoxy groups -OCH3 is 1. The van der Waals surface area contributed by atoms with Crippen LogP contribution < -0.4 is 19.9 Å². The number of carbonyl (C=O) groups is 2. The number of thiocarbonyl (C=S) groups is 1. The van der Waals surface area contributed by atoms with Crippen LogP contribution in [0.25, 0.3) is 0 Å². The summed E-state index contributed by atoms with van der Waals surface area (Å²) in [6, 6.07) is 21.3. The molecule has 2 heterocycles. The van der Waals surface area contributed by atoms with Crippen LogP contribution in [-0.4, -0.2) is 79.1 Å². The van der Waals surface area contributed by atoms with Gasteiger partial charge >= 0.3 is 0 Å². The number of carbonyl (C=O) groups excluding carboxylic acids is 2. The maximum Gasteiger partial charge on any atom is 0.256 e. The van der Waals surface area contributed by atoms with E-state index in [1.54, 1.807) is 55.6 Å². The average molecular weight is 627 g/mol. The van der Waals surface area contributed by atoms with E-state index in [0.717, 1.165) is 49.9 Å². The van der Waals surface area contributed by atoms with Crippen LogP contribution in [0.15, 0.2) is 72.8 Å². The summed E-state index contributed by atoms with van der Waals surface area (Å²) in [5, 5.41) is 4.60. The lowest BCUT2D eigenvalue weighted by atomic mass is 10.1. The molecule has 3 aromatic rings. The van der Waals surface area contributed by atoms with Gasteiger partial charge < -0.3 is 19.9 Å². The first-order valence-electron chi connectivity index (χ1n) is 13.9. The van der Waals surface area contributed by atoms with E-state index >= 15 is 0 Å². The van der Waals surface area contributed by atoms with Crippen LogP contribution in [-0.2, 0) is 9.59 Å². The molecule has 3 aromatic carbocycles. The van der Waals surface area contributed by atoms with Gasteiger partial charge in [-0.15, -0.1) is 0 Å². The van der Waals surface area contributed by atoms with E-state index in [9.17, 15) is 9.59 Å². The van der Waals surface area contributed by atoms with Gasteiger partial charge in [-0.05, 0) is 91.9 Å². The number of benzene rings is 3. The predicted molar refractivity (Wildman–Crippen MR) is 173 cm³/mol. The first-order valence-corrected chi connectivity index (χ1v) is 15.1. The minimum Gasteiger partial charge on any atom is -0.497 e. The topological polar surface area (TPSA) is 68.4 Å². The molecule has 220 valence electrons. The Morgan fingerprint density at radius 1 is 0.929 bits per heavy atom. The van der Waals surface area contributed by atoms with E-state index in [2.05, 4.69) is 21.2 Å². The molecule has 0 radical (unpaired) electrons. The maximum absolute atomic E-state index is 13.7. The highest BCUT2D eigenvalue weighted by atomic mass is 35.5.